The first kappa shape index (κ1) is 12.4. The van der Waals surface area contributed by atoms with E-state index in [0.29, 0.717) is 11.3 Å². The van der Waals surface area contributed by atoms with Gasteiger partial charge in [-0.05, 0) is 13.0 Å². The number of carbonyl (C=O) groups excluding carboxylic acids is 2. The van der Waals surface area contributed by atoms with Gasteiger partial charge in [0.15, 0.2) is 0 Å². The molecule has 1 fully saturated rings. The molecule has 2 rings (SSSR count). The van der Waals surface area contributed by atoms with E-state index in [1.165, 1.54) is 11.9 Å². The molecule has 0 bridgehead atoms. The highest BCUT2D eigenvalue weighted by Crippen LogP contribution is 2.39. The average molecular weight is 248 g/mol. The fraction of sp³-hybridized carbons (Fsp3) is 0.385. The van der Waals surface area contributed by atoms with E-state index < -0.39 is 5.54 Å². The van der Waals surface area contributed by atoms with Gasteiger partial charge in [0.2, 0.25) is 0 Å². The Morgan fingerprint density at radius 1 is 1.17 bits per heavy atom. The van der Waals surface area contributed by atoms with Gasteiger partial charge >= 0.3 is 6.03 Å². The summed E-state index contributed by atoms with van der Waals surface area (Å²) in [6.07, 6.45) is 0. The second-order valence-corrected chi connectivity index (χ2v) is 4.48. The molecule has 5 nitrogen and oxygen atoms in total. The number of para-hydroxylation sites is 1. The highest BCUT2D eigenvalue weighted by Gasteiger charge is 2.53. The van der Waals surface area contributed by atoms with E-state index in [4.69, 9.17) is 4.74 Å². The molecule has 0 radical (unpaired) electrons. The number of rotatable bonds is 2. The van der Waals surface area contributed by atoms with Crippen molar-refractivity contribution in [1.29, 1.82) is 0 Å². The van der Waals surface area contributed by atoms with Gasteiger partial charge in [-0.3, -0.25) is 9.69 Å². The number of amides is 3. The van der Waals surface area contributed by atoms with Crippen LogP contribution in [-0.2, 0) is 10.3 Å². The monoisotopic (exact) mass is 248 g/mol. The van der Waals surface area contributed by atoms with Crippen molar-refractivity contribution in [3.05, 3.63) is 29.8 Å². The molecule has 0 aromatic heterocycles. The van der Waals surface area contributed by atoms with Crippen LogP contribution in [0.2, 0.25) is 0 Å². The standard InChI is InChI=1S/C13H16N2O3/c1-13(9-7-5-6-8-10(9)18-4)11(16)14(2)12(17)15(13)3/h5-8H,1-4H3. The molecule has 3 amide bonds. The molecule has 1 unspecified atom stereocenters. The Hall–Kier alpha value is -2.04. The van der Waals surface area contributed by atoms with Crippen molar-refractivity contribution in [2.45, 2.75) is 12.5 Å². The fourth-order valence-corrected chi connectivity index (χ4v) is 2.32. The maximum Gasteiger partial charge on any atom is 0.327 e. The zero-order chi connectivity index (χ0) is 13.5. The molecule has 0 N–H and O–H groups in total. The summed E-state index contributed by atoms with van der Waals surface area (Å²) in [5, 5.41) is 0. The maximum atomic E-state index is 12.3. The van der Waals surface area contributed by atoms with Crippen molar-refractivity contribution in [3.63, 3.8) is 0 Å². The number of urea groups is 1. The van der Waals surface area contributed by atoms with Crippen molar-refractivity contribution in [1.82, 2.24) is 9.80 Å². The van der Waals surface area contributed by atoms with Gasteiger partial charge in [0.25, 0.3) is 5.91 Å². The predicted octanol–water partition coefficient (Wildman–Crippen LogP) is 1.43. The number of nitrogens with zero attached hydrogens (tertiary/aromatic N) is 2. The van der Waals surface area contributed by atoms with Crippen LogP contribution in [0.15, 0.2) is 24.3 Å². The number of carbonyl (C=O) groups is 2. The second kappa shape index (κ2) is 4.01. The van der Waals surface area contributed by atoms with E-state index in [-0.39, 0.29) is 11.9 Å². The predicted molar refractivity (Wildman–Crippen MR) is 66.3 cm³/mol. The number of ether oxygens (including phenoxy) is 1. The maximum absolute atomic E-state index is 12.3. The van der Waals surface area contributed by atoms with Gasteiger partial charge in [-0.1, -0.05) is 18.2 Å². The first-order valence-corrected chi connectivity index (χ1v) is 5.64. The number of likely N-dealkylation sites (N-methyl/N-ethyl adjacent to an activating group) is 2. The van der Waals surface area contributed by atoms with Crippen molar-refractivity contribution >= 4 is 11.9 Å². The summed E-state index contributed by atoms with van der Waals surface area (Å²) in [7, 11) is 4.66. The molecule has 18 heavy (non-hydrogen) atoms. The molecule has 0 saturated carbocycles. The largest absolute Gasteiger partial charge is 0.496 e. The molecule has 1 aromatic rings. The van der Waals surface area contributed by atoms with E-state index in [2.05, 4.69) is 0 Å². The smallest absolute Gasteiger partial charge is 0.327 e. The van der Waals surface area contributed by atoms with Crippen LogP contribution >= 0.6 is 0 Å². The fourth-order valence-electron chi connectivity index (χ4n) is 2.32. The molecular weight excluding hydrogens is 232 g/mol. The number of hydrogen-bond donors (Lipinski definition) is 0. The third-order valence-corrected chi connectivity index (χ3v) is 3.60. The molecule has 1 heterocycles. The summed E-state index contributed by atoms with van der Waals surface area (Å²) in [6, 6.07) is 6.93. The first-order valence-electron chi connectivity index (χ1n) is 5.64. The Kier molecular flexibility index (Phi) is 2.77. The molecule has 1 aliphatic heterocycles. The molecule has 5 heteroatoms. The van der Waals surface area contributed by atoms with Crippen molar-refractivity contribution < 1.29 is 14.3 Å². The van der Waals surface area contributed by atoms with Gasteiger partial charge in [0, 0.05) is 19.7 Å². The van der Waals surface area contributed by atoms with Gasteiger partial charge in [-0.15, -0.1) is 0 Å². The van der Waals surface area contributed by atoms with E-state index in [1.54, 1.807) is 33.2 Å². The third-order valence-electron chi connectivity index (χ3n) is 3.60. The summed E-state index contributed by atoms with van der Waals surface area (Å²) in [4.78, 5) is 26.8. The number of imide groups is 1. The van der Waals surface area contributed by atoms with Crippen molar-refractivity contribution in [2.24, 2.45) is 0 Å². The van der Waals surface area contributed by atoms with E-state index in [9.17, 15) is 9.59 Å². The molecular formula is C13H16N2O3. The average Bonchev–Trinajstić information content (AvgIpc) is 2.55. The van der Waals surface area contributed by atoms with Crippen LogP contribution in [0.4, 0.5) is 4.79 Å². The minimum Gasteiger partial charge on any atom is -0.496 e. The zero-order valence-electron chi connectivity index (χ0n) is 10.9. The summed E-state index contributed by atoms with van der Waals surface area (Å²) in [5.41, 5.74) is -0.323. The normalized spacial score (nSPS) is 23.8. The molecule has 1 atom stereocenters. The van der Waals surface area contributed by atoms with Gasteiger partial charge in [0.05, 0.1) is 7.11 Å². The van der Waals surface area contributed by atoms with E-state index in [1.807, 2.05) is 12.1 Å². The minimum atomic E-state index is -1.02. The van der Waals surface area contributed by atoms with Crippen molar-refractivity contribution in [2.75, 3.05) is 21.2 Å². The lowest BCUT2D eigenvalue weighted by molar-refractivity contribution is -0.131. The highest BCUT2D eigenvalue weighted by atomic mass is 16.5. The lowest BCUT2D eigenvalue weighted by Crippen LogP contribution is -2.42. The Labute approximate surface area is 106 Å². The minimum absolute atomic E-state index is 0.250. The Morgan fingerprint density at radius 2 is 1.78 bits per heavy atom. The van der Waals surface area contributed by atoms with E-state index in [0.717, 1.165) is 4.90 Å². The second-order valence-electron chi connectivity index (χ2n) is 4.48. The van der Waals surface area contributed by atoms with Gasteiger partial charge in [-0.25, -0.2) is 4.79 Å². The van der Waals surface area contributed by atoms with Crippen LogP contribution in [0, 0.1) is 0 Å². The SMILES string of the molecule is COc1ccccc1C1(C)C(=O)N(C)C(=O)N1C. The van der Waals surface area contributed by atoms with Gasteiger partial charge < -0.3 is 9.64 Å². The van der Waals surface area contributed by atoms with Crippen LogP contribution in [0.25, 0.3) is 0 Å². The summed E-state index contributed by atoms with van der Waals surface area (Å²) >= 11 is 0. The van der Waals surface area contributed by atoms with Crippen LogP contribution in [0.1, 0.15) is 12.5 Å². The molecule has 1 aliphatic rings. The summed E-state index contributed by atoms with van der Waals surface area (Å²) in [6.45, 7) is 1.73. The summed E-state index contributed by atoms with van der Waals surface area (Å²) < 4.78 is 5.28. The number of methoxy groups -OCH3 is 1. The highest BCUT2D eigenvalue weighted by molar-refractivity contribution is 6.07. The number of benzene rings is 1. The first-order chi connectivity index (χ1) is 8.44. The topological polar surface area (TPSA) is 49.9 Å². The molecule has 0 aliphatic carbocycles. The number of hydrogen-bond acceptors (Lipinski definition) is 3. The molecule has 1 aromatic carbocycles. The Morgan fingerprint density at radius 3 is 2.28 bits per heavy atom. The Balaban J connectivity index is 2.61. The molecule has 0 spiro atoms. The lowest BCUT2D eigenvalue weighted by Gasteiger charge is -2.30. The molecule has 1 saturated heterocycles. The van der Waals surface area contributed by atoms with Crippen LogP contribution in [-0.4, -0.2) is 42.9 Å². The van der Waals surface area contributed by atoms with Crippen molar-refractivity contribution in [3.8, 4) is 5.75 Å². The van der Waals surface area contributed by atoms with Gasteiger partial charge in [-0.2, -0.15) is 0 Å². The zero-order valence-corrected chi connectivity index (χ0v) is 10.9. The van der Waals surface area contributed by atoms with E-state index >= 15 is 0 Å². The lowest BCUT2D eigenvalue weighted by atomic mass is 9.90. The van der Waals surface area contributed by atoms with Crippen LogP contribution in [0.5, 0.6) is 5.75 Å². The van der Waals surface area contributed by atoms with Crippen LogP contribution in [0.3, 0.4) is 0 Å². The summed E-state index contributed by atoms with van der Waals surface area (Å²) in [5.74, 6) is 0.350. The quantitative estimate of drug-likeness (QED) is 0.744. The Bertz CT molecular complexity index is 515. The third kappa shape index (κ3) is 1.40. The van der Waals surface area contributed by atoms with Gasteiger partial charge in [0.1, 0.15) is 11.3 Å². The van der Waals surface area contributed by atoms with Crippen LogP contribution < -0.4 is 4.74 Å². The molecule has 96 valence electrons.